The van der Waals surface area contributed by atoms with Gasteiger partial charge in [-0.3, -0.25) is 9.59 Å². The molecule has 0 saturated carbocycles. The first-order chi connectivity index (χ1) is 15.4. The highest BCUT2D eigenvalue weighted by molar-refractivity contribution is 9.10. The van der Waals surface area contributed by atoms with Gasteiger partial charge in [-0.15, -0.1) is 0 Å². The maximum absolute atomic E-state index is 12.9. The number of halogens is 1. The van der Waals surface area contributed by atoms with Crippen LogP contribution in [0.1, 0.15) is 49.5 Å². The smallest absolute Gasteiger partial charge is 0.253 e. The van der Waals surface area contributed by atoms with Gasteiger partial charge in [0.2, 0.25) is 15.9 Å². The van der Waals surface area contributed by atoms with E-state index in [0.29, 0.717) is 37.2 Å². The first kappa shape index (κ1) is 25.4. The minimum absolute atomic E-state index is 0.0621. The van der Waals surface area contributed by atoms with Crippen molar-refractivity contribution in [2.45, 2.75) is 44.9 Å². The molecule has 1 aliphatic heterocycles. The van der Waals surface area contributed by atoms with E-state index in [1.807, 2.05) is 32.9 Å². The van der Waals surface area contributed by atoms with Crippen molar-refractivity contribution in [2.24, 2.45) is 5.92 Å². The van der Waals surface area contributed by atoms with Crippen molar-refractivity contribution < 1.29 is 18.0 Å². The molecule has 2 N–H and O–H groups in total. The maximum Gasteiger partial charge on any atom is 0.253 e. The van der Waals surface area contributed by atoms with Crippen LogP contribution in [0.25, 0.3) is 0 Å². The molecule has 0 bridgehead atoms. The van der Waals surface area contributed by atoms with Crippen LogP contribution >= 0.6 is 15.9 Å². The Labute approximate surface area is 204 Å². The van der Waals surface area contributed by atoms with E-state index in [2.05, 4.69) is 26.6 Å². The molecular formula is C24H30BrN3O4S. The number of carbonyl (C=O) groups excluding carboxylic acids is 2. The van der Waals surface area contributed by atoms with Gasteiger partial charge in [-0.1, -0.05) is 40.2 Å². The zero-order chi connectivity index (χ0) is 24.2. The molecule has 2 amide bonds. The normalized spacial score (nSPS) is 15.8. The highest BCUT2D eigenvalue weighted by Gasteiger charge is 2.31. The molecule has 0 atom stereocenters. The van der Waals surface area contributed by atoms with Crippen molar-refractivity contribution in [1.29, 1.82) is 0 Å². The molecule has 7 nitrogen and oxygen atoms in total. The highest BCUT2D eigenvalue weighted by atomic mass is 79.9. The van der Waals surface area contributed by atoms with E-state index in [4.69, 9.17) is 0 Å². The van der Waals surface area contributed by atoms with Crippen molar-refractivity contribution in [3.05, 3.63) is 64.1 Å². The third-order valence-electron chi connectivity index (χ3n) is 5.40. The topological polar surface area (TPSA) is 95.6 Å². The van der Waals surface area contributed by atoms with Crippen LogP contribution in [0.5, 0.6) is 0 Å². The molecule has 0 aromatic heterocycles. The average Bonchev–Trinajstić information content (AvgIpc) is 2.74. The van der Waals surface area contributed by atoms with Gasteiger partial charge in [-0.2, -0.15) is 0 Å². The van der Waals surface area contributed by atoms with Crippen molar-refractivity contribution in [3.63, 3.8) is 0 Å². The summed E-state index contributed by atoms with van der Waals surface area (Å²) in [6.07, 6.45) is 0.865. The lowest BCUT2D eigenvalue weighted by Gasteiger charge is -2.30. The molecule has 1 saturated heterocycles. The zero-order valence-corrected chi connectivity index (χ0v) is 21.5. The SMILES string of the molecule is CC(C)(C)NC(=O)c1ccccc1NC(=O)C1CCN(S(=O)(=O)Cc2ccc(Br)cc2)CC1. The summed E-state index contributed by atoms with van der Waals surface area (Å²) in [6, 6.07) is 14.1. The Balaban J connectivity index is 1.60. The number of para-hydroxylation sites is 1. The van der Waals surface area contributed by atoms with Gasteiger partial charge in [-0.25, -0.2) is 12.7 Å². The minimum atomic E-state index is -3.46. The summed E-state index contributed by atoms with van der Waals surface area (Å²) < 4.78 is 28.0. The van der Waals surface area contributed by atoms with Gasteiger partial charge in [0.1, 0.15) is 0 Å². The van der Waals surface area contributed by atoms with Gasteiger partial charge < -0.3 is 10.6 Å². The molecule has 0 radical (unpaired) electrons. The fourth-order valence-electron chi connectivity index (χ4n) is 3.71. The molecule has 33 heavy (non-hydrogen) atoms. The second kappa shape index (κ2) is 10.4. The van der Waals surface area contributed by atoms with Crippen molar-refractivity contribution in [1.82, 2.24) is 9.62 Å². The Morgan fingerprint density at radius 1 is 1.03 bits per heavy atom. The summed E-state index contributed by atoms with van der Waals surface area (Å²) in [6.45, 7) is 6.27. The van der Waals surface area contributed by atoms with E-state index in [9.17, 15) is 18.0 Å². The first-order valence-electron chi connectivity index (χ1n) is 10.9. The lowest BCUT2D eigenvalue weighted by Crippen LogP contribution is -2.42. The predicted octanol–water partition coefficient (Wildman–Crippen LogP) is 4.16. The average molecular weight is 536 g/mol. The lowest BCUT2D eigenvalue weighted by atomic mass is 9.97. The molecule has 3 rings (SSSR count). The monoisotopic (exact) mass is 535 g/mol. The standard InChI is InChI=1S/C24H30BrN3O4S/c1-24(2,3)27-23(30)20-6-4-5-7-21(20)26-22(29)18-12-14-28(15-13-18)33(31,32)16-17-8-10-19(25)11-9-17/h4-11,18H,12-16H2,1-3H3,(H,26,29)(H,27,30). The second-order valence-corrected chi connectivity index (χ2v) is 12.2. The lowest BCUT2D eigenvalue weighted by molar-refractivity contribution is -0.120. The van der Waals surface area contributed by atoms with Gasteiger partial charge in [0, 0.05) is 29.0 Å². The summed E-state index contributed by atoms with van der Waals surface area (Å²) in [5, 5.41) is 5.78. The van der Waals surface area contributed by atoms with E-state index < -0.39 is 15.6 Å². The molecule has 0 spiro atoms. The number of hydrogen-bond acceptors (Lipinski definition) is 4. The van der Waals surface area contributed by atoms with E-state index in [1.165, 1.54) is 4.31 Å². The number of benzene rings is 2. The third kappa shape index (κ3) is 7.12. The van der Waals surface area contributed by atoms with Crippen molar-refractivity contribution in [3.8, 4) is 0 Å². The Hall–Kier alpha value is -2.23. The van der Waals surface area contributed by atoms with E-state index >= 15 is 0 Å². The van der Waals surface area contributed by atoms with Crippen LogP contribution in [0.4, 0.5) is 5.69 Å². The van der Waals surface area contributed by atoms with Gasteiger partial charge >= 0.3 is 0 Å². The number of carbonyl (C=O) groups is 2. The van der Waals surface area contributed by atoms with Crippen LogP contribution in [0, 0.1) is 5.92 Å². The zero-order valence-electron chi connectivity index (χ0n) is 19.1. The van der Waals surface area contributed by atoms with Crippen LogP contribution in [-0.2, 0) is 20.6 Å². The fourth-order valence-corrected chi connectivity index (χ4v) is 5.54. The molecule has 1 fully saturated rings. The van der Waals surface area contributed by atoms with Gasteiger partial charge in [0.25, 0.3) is 5.91 Å². The number of hydrogen-bond donors (Lipinski definition) is 2. The van der Waals surface area contributed by atoms with Gasteiger partial charge in [-0.05, 0) is 63.4 Å². The molecule has 1 aliphatic rings. The van der Waals surface area contributed by atoms with Crippen LogP contribution in [0.15, 0.2) is 53.0 Å². The number of sulfonamides is 1. The number of nitrogens with one attached hydrogen (secondary N) is 2. The van der Waals surface area contributed by atoms with Crippen LogP contribution in [0.2, 0.25) is 0 Å². The molecule has 178 valence electrons. The van der Waals surface area contributed by atoms with Gasteiger partial charge in [0.15, 0.2) is 0 Å². The molecule has 0 unspecified atom stereocenters. The van der Waals surface area contributed by atoms with Crippen molar-refractivity contribution >= 4 is 43.5 Å². The molecule has 2 aromatic rings. The number of nitrogens with zero attached hydrogens (tertiary/aromatic N) is 1. The van der Waals surface area contributed by atoms with Crippen LogP contribution < -0.4 is 10.6 Å². The Kier molecular flexibility index (Phi) is 7.97. The summed E-state index contributed by atoms with van der Waals surface area (Å²) >= 11 is 3.35. The summed E-state index contributed by atoms with van der Waals surface area (Å²) in [5.74, 6) is -0.834. The number of piperidine rings is 1. The highest BCUT2D eigenvalue weighted by Crippen LogP contribution is 2.25. The molecule has 0 aliphatic carbocycles. The Morgan fingerprint density at radius 2 is 1.64 bits per heavy atom. The van der Waals surface area contributed by atoms with E-state index in [1.54, 1.807) is 36.4 Å². The molecule has 1 heterocycles. The summed E-state index contributed by atoms with van der Waals surface area (Å²) in [7, 11) is -3.46. The Bertz CT molecular complexity index is 1100. The molecular weight excluding hydrogens is 506 g/mol. The van der Waals surface area contributed by atoms with Gasteiger partial charge in [0.05, 0.1) is 17.0 Å². The van der Waals surface area contributed by atoms with Crippen LogP contribution in [-0.4, -0.2) is 43.2 Å². The molecule has 9 heteroatoms. The number of amides is 2. The first-order valence-corrected chi connectivity index (χ1v) is 13.3. The minimum Gasteiger partial charge on any atom is -0.347 e. The number of rotatable bonds is 6. The Morgan fingerprint density at radius 3 is 2.24 bits per heavy atom. The largest absolute Gasteiger partial charge is 0.347 e. The second-order valence-electron chi connectivity index (χ2n) is 9.29. The fraction of sp³-hybridized carbons (Fsp3) is 0.417. The number of anilines is 1. The molecule has 2 aromatic carbocycles. The van der Waals surface area contributed by atoms with E-state index in [0.717, 1.165) is 10.0 Å². The van der Waals surface area contributed by atoms with Crippen LogP contribution in [0.3, 0.4) is 0 Å². The maximum atomic E-state index is 12.9. The van der Waals surface area contributed by atoms with Crippen molar-refractivity contribution in [2.75, 3.05) is 18.4 Å². The third-order valence-corrected chi connectivity index (χ3v) is 7.78. The quantitative estimate of drug-likeness (QED) is 0.580. The summed E-state index contributed by atoms with van der Waals surface area (Å²) in [5.41, 5.74) is 1.18. The van der Waals surface area contributed by atoms with E-state index in [-0.39, 0.29) is 23.5 Å². The summed E-state index contributed by atoms with van der Waals surface area (Å²) in [4.78, 5) is 25.5. The predicted molar refractivity (Wildman–Crippen MR) is 133 cm³/mol.